The van der Waals surface area contributed by atoms with Gasteiger partial charge in [-0.05, 0) is 5.92 Å². The van der Waals surface area contributed by atoms with Crippen LogP contribution in [0, 0.1) is 23.7 Å². The van der Waals surface area contributed by atoms with E-state index in [1.54, 1.807) is 0 Å². The van der Waals surface area contributed by atoms with E-state index in [1.807, 2.05) is 6.92 Å². The number of ether oxygens (including phenoxy) is 4. The van der Waals surface area contributed by atoms with Gasteiger partial charge in [-0.25, -0.2) is 0 Å². The molecule has 1 saturated carbocycles. The van der Waals surface area contributed by atoms with Gasteiger partial charge in [0.1, 0.15) is 30.2 Å². The zero-order valence-electron chi connectivity index (χ0n) is 15.1. The molecule has 0 bridgehead atoms. The molecule has 3 fully saturated rings. The minimum atomic E-state index is -1.58. The number of carbonyl (C=O) groups excluding carboxylic acids is 2. The Kier molecular flexibility index (Phi) is 6.16. The molecule has 0 radical (unpaired) electrons. The van der Waals surface area contributed by atoms with E-state index in [-0.39, 0.29) is 24.7 Å². The lowest BCUT2D eigenvalue weighted by Crippen LogP contribution is -2.60. The van der Waals surface area contributed by atoms with E-state index in [0.29, 0.717) is 0 Å². The van der Waals surface area contributed by atoms with Crippen molar-refractivity contribution in [2.75, 3.05) is 20.3 Å². The first-order valence-corrected chi connectivity index (χ1v) is 8.98. The zero-order valence-corrected chi connectivity index (χ0v) is 15.1. The normalized spacial score (nSPS) is 47.6. The summed E-state index contributed by atoms with van der Waals surface area (Å²) in [4.78, 5) is 24.5. The molecular weight excluding hydrogens is 364 g/mol. The van der Waals surface area contributed by atoms with Crippen molar-refractivity contribution >= 4 is 11.8 Å². The maximum Gasteiger partial charge on any atom is 0.311 e. The van der Waals surface area contributed by atoms with Gasteiger partial charge in [0.2, 0.25) is 0 Å². The summed E-state index contributed by atoms with van der Waals surface area (Å²) >= 11 is 0. The number of hydrogen-bond donors (Lipinski definition) is 4. The number of methoxy groups -OCH3 is 1. The van der Waals surface area contributed by atoms with Crippen molar-refractivity contribution in [2.45, 2.75) is 50.3 Å². The van der Waals surface area contributed by atoms with Crippen LogP contribution < -0.4 is 0 Å². The van der Waals surface area contributed by atoms with E-state index in [1.165, 1.54) is 7.11 Å². The molecule has 0 amide bonds. The SMILES string of the molecule is COC(=O)C1COC(OC2OC(CO)C(O)C(O)C2O)C2C(C)CC(=O)C12. The summed E-state index contributed by atoms with van der Waals surface area (Å²) in [6.45, 7) is 1.17. The number of esters is 1. The van der Waals surface area contributed by atoms with E-state index < -0.39 is 67.3 Å². The number of carbonyl (C=O) groups is 2. The lowest BCUT2D eigenvalue weighted by Gasteiger charge is -2.44. The topological polar surface area (TPSA) is 152 Å². The quantitative estimate of drug-likeness (QED) is 0.389. The minimum Gasteiger partial charge on any atom is -0.469 e. The van der Waals surface area contributed by atoms with E-state index in [0.717, 1.165) is 0 Å². The Morgan fingerprint density at radius 2 is 1.89 bits per heavy atom. The summed E-state index contributed by atoms with van der Waals surface area (Å²) in [6, 6.07) is 0. The number of Topliss-reactive ketones (excluding diaryl/α,β-unsaturated/α-hetero) is 1. The third-order valence-corrected chi connectivity index (χ3v) is 5.78. The molecule has 10 heteroatoms. The summed E-state index contributed by atoms with van der Waals surface area (Å²) in [5.74, 6) is -2.55. The smallest absolute Gasteiger partial charge is 0.311 e. The van der Waals surface area contributed by atoms with Crippen LogP contribution in [0.1, 0.15) is 13.3 Å². The third-order valence-electron chi connectivity index (χ3n) is 5.78. The molecule has 2 aliphatic heterocycles. The van der Waals surface area contributed by atoms with Gasteiger partial charge in [0.05, 0.1) is 26.2 Å². The van der Waals surface area contributed by atoms with Crippen LogP contribution in [0.5, 0.6) is 0 Å². The predicted molar refractivity (Wildman–Crippen MR) is 85.9 cm³/mol. The Labute approximate surface area is 156 Å². The molecule has 10 atom stereocenters. The van der Waals surface area contributed by atoms with Gasteiger partial charge in [-0.15, -0.1) is 0 Å². The van der Waals surface area contributed by atoms with Crippen molar-refractivity contribution in [3.8, 4) is 0 Å². The Balaban J connectivity index is 1.77. The number of fused-ring (bicyclic) bond motifs is 1. The monoisotopic (exact) mass is 390 g/mol. The second-order valence-electron chi connectivity index (χ2n) is 7.42. The second kappa shape index (κ2) is 8.08. The van der Waals surface area contributed by atoms with Crippen LogP contribution in [-0.4, -0.2) is 89.5 Å². The molecule has 0 aromatic carbocycles. The summed E-state index contributed by atoms with van der Waals surface area (Å²) < 4.78 is 21.5. The van der Waals surface area contributed by atoms with Gasteiger partial charge in [-0.2, -0.15) is 0 Å². The summed E-state index contributed by atoms with van der Waals surface area (Å²) in [5.41, 5.74) is 0. The van der Waals surface area contributed by atoms with Crippen LogP contribution in [0.2, 0.25) is 0 Å². The molecule has 0 aromatic rings. The van der Waals surface area contributed by atoms with Crippen LogP contribution in [0.3, 0.4) is 0 Å². The highest BCUT2D eigenvalue weighted by atomic mass is 16.8. The van der Waals surface area contributed by atoms with Crippen LogP contribution in [-0.2, 0) is 28.5 Å². The fourth-order valence-corrected chi connectivity index (χ4v) is 4.31. The highest BCUT2D eigenvalue weighted by Gasteiger charge is 2.56. The standard InChI is InChI=1S/C17H26O10/c1-6-3-8(19)11-7(15(23)24-2)5-25-16(10(6)11)27-17-14(22)13(21)12(20)9(4-18)26-17/h6-7,9-14,16-18,20-22H,3-5H2,1-2H3. The van der Waals surface area contributed by atoms with Crippen molar-refractivity contribution in [3.05, 3.63) is 0 Å². The zero-order chi connectivity index (χ0) is 19.9. The van der Waals surface area contributed by atoms with Gasteiger partial charge in [-0.3, -0.25) is 9.59 Å². The highest BCUT2D eigenvalue weighted by molar-refractivity contribution is 5.89. The van der Waals surface area contributed by atoms with Crippen LogP contribution in [0.25, 0.3) is 0 Å². The largest absolute Gasteiger partial charge is 0.469 e. The Hall–Kier alpha value is -1.14. The summed E-state index contributed by atoms with van der Waals surface area (Å²) in [7, 11) is 1.25. The van der Waals surface area contributed by atoms with Gasteiger partial charge in [0.25, 0.3) is 0 Å². The van der Waals surface area contributed by atoms with Gasteiger partial charge in [0, 0.05) is 18.3 Å². The van der Waals surface area contributed by atoms with E-state index in [2.05, 4.69) is 0 Å². The molecule has 0 aromatic heterocycles. The van der Waals surface area contributed by atoms with Crippen molar-refractivity contribution in [2.24, 2.45) is 23.7 Å². The van der Waals surface area contributed by atoms with Crippen LogP contribution in [0.4, 0.5) is 0 Å². The molecule has 10 unspecified atom stereocenters. The first-order valence-electron chi connectivity index (χ1n) is 8.98. The summed E-state index contributed by atoms with van der Waals surface area (Å²) in [6.07, 6.45) is -7.83. The number of hydrogen-bond acceptors (Lipinski definition) is 10. The van der Waals surface area contributed by atoms with Gasteiger partial charge in [0.15, 0.2) is 12.6 Å². The molecular formula is C17H26O10. The summed E-state index contributed by atoms with van der Waals surface area (Å²) in [5, 5.41) is 39.2. The number of ketones is 1. The molecule has 10 nitrogen and oxygen atoms in total. The fourth-order valence-electron chi connectivity index (χ4n) is 4.31. The average Bonchev–Trinajstić information content (AvgIpc) is 2.96. The molecule has 4 N–H and O–H groups in total. The molecule has 3 rings (SSSR count). The average molecular weight is 390 g/mol. The minimum absolute atomic E-state index is 0.0754. The number of aliphatic hydroxyl groups is 4. The molecule has 154 valence electrons. The van der Waals surface area contributed by atoms with Gasteiger partial charge < -0.3 is 39.4 Å². The molecule has 1 aliphatic carbocycles. The lowest BCUT2D eigenvalue weighted by molar-refractivity contribution is -0.354. The predicted octanol–water partition coefficient (Wildman–Crippen LogP) is -2.21. The molecule has 0 spiro atoms. The maximum absolute atomic E-state index is 12.4. The molecule has 3 aliphatic rings. The Morgan fingerprint density at radius 1 is 1.19 bits per heavy atom. The van der Waals surface area contributed by atoms with Crippen molar-refractivity contribution in [3.63, 3.8) is 0 Å². The number of aliphatic hydroxyl groups excluding tert-OH is 4. The van der Waals surface area contributed by atoms with Crippen molar-refractivity contribution in [1.82, 2.24) is 0 Å². The van der Waals surface area contributed by atoms with Crippen molar-refractivity contribution < 1.29 is 49.0 Å². The van der Waals surface area contributed by atoms with Gasteiger partial charge in [-0.1, -0.05) is 6.92 Å². The van der Waals surface area contributed by atoms with E-state index in [9.17, 15) is 30.0 Å². The lowest BCUT2D eigenvalue weighted by atomic mass is 9.79. The van der Waals surface area contributed by atoms with E-state index in [4.69, 9.17) is 18.9 Å². The van der Waals surface area contributed by atoms with E-state index >= 15 is 0 Å². The number of rotatable bonds is 4. The third kappa shape index (κ3) is 3.63. The highest BCUT2D eigenvalue weighted by Crippen LogP contribution is 2.46. The van der Waals surface area contributed by atoms with Crippen molar-refractivity contribution in [1.29, 1.82) is 0 Å². The molecule has 27 heavy (non-hydrogen) atoms. The maximum atomic E-state index is 12.4. The Bertz CT molecular complexity index is 566. The first-order chi connectivity index (χ1) is 12.8. The Morgan fingerprint density at radius 3 is 2.52 bits per heavy atom. The van der Waals surface area contributed by atoms with Crippen LogP contribution >= 0.6 is 0 Å². The molecule has 2 heterocycles. The first kappa shape index (κ1) is 20.6. The fraction of sp³-hybridized carbons (Fsp3) is 0.882. The van der Waals surface area contributed by atoms with Gasteiger partial charge >= 0.3 is 5.97 Å². The second-order valence-corrected chi connectivity index (χ2v) is 7.42. The molecule has 2 saturated heterocycles. The van der Waals surface area contributed by atoms with Crippen LogP contribution in [0.15, 0.2) is 0 Å².